The first-order valence-corrected chi connectivity index (χ1v) is 10.3. The molecule has 0 aliphatic heterocycles. The molecule has 0 saturated heterocycles. The quantitative estimate of drug-likeness (QED) is 0.543. The predicted molar refractivity (Wildman–Crippen MR) is 119 cm³/mol. The lowest BCUT2D eigenvalue weighted by atomic mass is 10.1. The van der Waals surface area contributed by atoms with E-state index in [-0.39, 0.29) is 11.9 Å². The number of nitrogens with zero attached hydrogens (tertiary/aromatic N) is 3. The van der Waals surface area contributed by atoms with Crippen molar-refractivity contribution in [2.75, 3.05) is 22.1 Å². The Labute approximate surface area is 174 Å². The number of carbonyl (C=O) groups excluding carboxylic acids is 1. The van der Waals surface area contributed by atoms with Crippen molar-refractivity contribution in [2.45, 2.75) is 26.5 Å². The molecule has 150 valence electrons. The fourth-order valence-electron chi connectivity index (χ4n) is 2.63. The number of aromatic nitrogens is 3. The SMILES string of the molecule is Cc1ccc(Nc2nc(N)nc(CSCC(=O)Nc3cccc(C)c3C)n2)cc1. The molecular weight excluding hydrogens is 384 g/mol. The van der Waals surface area contributed by atoms with Crippen molar-refractivity contribution in [3.05, 3.63) is 65.0 Å². The van der Waals surface area contributed by atoms with Crippen LogP contribution in [-0.4, -0.2) is 26.6 Å². The van der Waals surface area contributed by atoms with Gasteiger partial charge in [0.1, 0.15) is 5.82 Å². The second-order valence-electron chi connectivity index (χ2n) is 6.71. The van der Waals surface area contributed by atoms with Crippen LogP contribution in [0, 0.1) is 20.8 Å². The van der Waals surface area contributed by atoms with Gasteiger partial charge >= 0.3 is 0 Å². The number of hydrogen-bond donors (Lipinski definition) is 3. The van der Waals surface area contributed by atoms with Gasteiger partial charge in [0.2, 0.25) is 17.8 Å². The van der Waals surface area contributed by atoms with Gasteiger partial charge in [0.25, 0.3) is 0 Å². The van der Waals surface area contributed by atoms with E-state index in [1.807, 2.05) is 63.2 Å². The maximum atomic E-state index is 12.2. The minimum absolute atomic E-state index is 0.0660. The summed E-state index contributed by atoms with van der Waals surface area (Å²) in [6.07, 6.45) is 0. The van der Waals surface area contributed by atoms with Crippen molar-refractivity contribution < 1.29 is 4.79 Å². The smallest absolute Gasteiger partial charge is 0.234 e. The molecule has 0 aliphatic rings. The summed E-state index contributed by atoms with van der Waals surface area (Å²) in [7, 11) is 0. The van der Waals surface area contributed by atoms with Gasteiger partial charge in [0.05, 0.1) is 11.5 Å². The van der Waals surface area contributed by atoms with Crippen LogP contribution in [0.4, 0.5) is 23.3 Å². The van der Waals surface area contributed by atoms with Gasteiger partial charge in [-0.3, -0.25) is 4.79 Å². The molecule has 1 heterocycles. The molecule has 4 N–H and O–H groups in total. The van der Waals surface area contributed by atoms with E-state index in [1.165, 1.54) is 17.3 Å². The zero-order valence-electron chi connectivity index (χ0n) is 16.7. The minimum atomic E-state index is -0.0660. The van der Waals surface area contributed by atoms with Crippen molar-refractivity contribution in [3.8, 4) is 0 Å². The van der Waals surface area contributed by atoms with E-state index >= 15 is 0 Å². The fourth-order valence-corrected chi connectivity index (χ4v) is 3.30. The van der Waals surface area contributed by atoms with Gasteiger partial charge in [-0.2, -0.15) is 15.0 Å². The van der Waals surface area contributed by atoms with Gasteiger partial charge in [0, 0.05) is 11.4 Å². The highest BCUT2D eigenvalue weighted by molar-refractivity contribution is 7.99. The Morgan fingerprint density at radius 2 is 1.79 bits per heavy atom. The van der Waals surface area contributed by atoms with E-state index in [0.29, 0.717) is 23.3 Å². The largest absolute Gasteiger partial charge is 0.368 e. The molecule has 1 aromatic heterocycles. The Bertz CT molecular complexity index is 1010. The highest BCUT2D eigenvalue weighted by atomic mass is 32.2. The summed E-state index contributed by atoms with van der Waals surface area (Å²) < 4.78 is 0. The van der Waals surface area contributed by atoms with Crippen molar-refractivity contribution in [2.24, 2.45) is 0 Å². The van der Waals surface area contributed by atoms with E-state index < -0.39 is 0 Å². The van der Waals surface area contributed by atoms with Crippen molar-refractivity contribution in [3.63, 3.8) is 0 Å². The number of carbonyl (C=O) groups is 1. The molecule has 0 unspecified atom stereocenters. The summed E-state index contributed by atoms with van der Waals surface area (Å²) in [5.74, 6) is 1.73. The first kappa shape index (κ1) is 20.6. The van der Waals surface area contributed by atoms with Gasteiger partial charge in [-0.1, -0.05) is 29.8 Å². The van der Waals surface area contributed by atoms with Crippen LogP contribution in [0.15, 0.2) is 42.5 Å². The van der Waals surface area contributed by atoms with Crippen LogP contribution in [0.1, 0.15) is 22.5 Å². The Morgan fingerprint density at radius 3 is 2.55 bits per heavy atom. The van der Waals surface area contributed by atoms with Gasteiger partial charge in [-0.25, -0.2) is 0 Å². The van der Waals surface area contributed by atoms with E-state index in [1.54, 1.807) is 0 Å². The molecule has 0 bridgehead atoms. The first-order valence-electron chi connectivity index (χ1n) is 9.18. The second-order valence-corrected chi connectivity index (χ2v) is 7.70. The molecule has 0 radical (unpaired) electrons. The zero-order chi connectivity index (χ0) is 20.8. The van der Waals surface area contributed by atoms with Gasteiger partial charge in [0.15, 0.2) is 0 Å². The van der Waals surface area contributed by atoms with Crippen LogP contribution in [0.25, 0.3) is 0 Å². The van der Waals surface area contributed by atoms with Crippen LogP contribution in [0.3, 0.4) is 0 Å². The Balaban J connectivity index is 1.56. The lowest BCUT2D eigenvalue weighted by Gasteiger charge is -2.10. The van der Waals surface area contributed by atoms with Crippen LogP contribution < -0.4 is 16.4 Å². The fraction of sp³-hybridized carbons (Fsp3) is 0.238. The standard InChI is InChI=1S/C21H24N6OS/c1-13-7-9-16(10-8-13)23-21-26-18(25-20(22)27-21)11-29-12-19(28)24-17-6-4-5-14(2)15(17)3/h4-10H,11-12H2,1-3H3,(H,24,28)(H3,22,23,25,26,27). The van der Waals surface area contributed by atoms with E-state index in [0.717, 1.165) is 22.5 Å². The average molecular weight is 409 g/mol. The number of aryl methyl sites for hydroxylation is 2. The Hall–Kier alpha value is -3.13. The number of rotatable bonds is 7. The Morgan fingerprint density at radius 1 is 1.03 bits per heavy atom. The summed E-state index contributed by atoms with van der Waals surface area (Å²) >= 11 is 1.42. The van der Waals surface area contributed by atoms with Crippen LogP contribution in [0.5, 0.6) is 0 Å². The van der Waals surface area contributed by atoms with Crippen LogP contribution in [-0.2, 0) is 10.5 Å². The molecule has 0 aliphatic carbocycles. The number of thioether (sulfide) groups is 1. The number of nitrogen functional groups attached to an aromatic ring is 1. The molecular formula is C21H24N6OS. The van der Waals surface area contributed by atoms with Crippen molar-refractivity contribution in [1.29, 1.82) is 0 Å². The third kappa shape index (κ3) is 5.92. The maximum Gasteiger partial charge on any atom is 0.234 e. The molecule has 7 nitrogen and oxygen atoms in total. The molecule has 0 atom stereocenters. The highest BCUT2D eigenvalue weighted by Crippen LogP contribution is 2.19. The number of nitrogens with one attached hydrogen (secondary N) is 2. The monoisotopic (exact) mass is 408 g/mol. The normalized spacial score (nSPS) is 10.6. The van der Waals surface area contributed by atoms with E-state index in [9.17, 15) is 4.79 Å². The summed E-state index contributed by atoms with van der Waals surface area (Å²) in [5.41, 5.74) is 10.9. The number of anilines is 4. The highest BCUT2D eigenvalue weighted by Gasteiger charge is 2.09. The van der Waals surface area contributed by atoms with E-state index in [2.05, 4.69) is 25.6 Å². The summed E-state index contributed by atoms with van der Waals surface area (Å²) in [4.78, 5) is 24.9. The molecule has 3 aromatic rings. The van der Waals surface area contributed by atoms with Crippen molar-refractivity contribution in [1.82, 2.24) is 15.0 Å². The molecule has 2 aromatic carbocycles. The molecule has 0 fully saturated rings. The number of nitrogens with two attached hydrogens (primary N) is 1. The number of hydrogen-bond acceptors (Lipinski definition) is 7. The summed E-state index contributed by atoms with van der Waals surface area (Å²) in [5, 5.41) is 6.07. The lowest BCUT2D eigenvalue weighted by Crippen LogP contribution is -2.15. The number of benzene rings is 2. The predicted octanol–water partition coefficient (Wildman–Crippen LogP) is 3.99. The molecule has 1 amide bonds. The molecule has 0 spiro atoms. The summed E-state index contributed by atoms with van der Waals surface area (Å²) in [6, 6.07) is 13.7. The first-order chi connectivity index (χ1) is 13.9. The topological polar surface area (TPSA) is 106 Å². The van der Waals surface area contributed by atoms with E-state index in [4.69, 9.17) is 5.73 Å². The Kier molecular flexibility index (Phi) is 6.66. The average Bonchev–Trinajstić information content (AvgIpc) is 2.67. The minimum Gasteiger partial charge on any atom is -0.368 e. The molecule has 8 heteroatoms. The van der Waals surface area contributed by atoms with Gasteiger partial charge in [-0.15, -0.1) is 11.8 Å². The number of amides is 1. The van der Waals surface area contributed by atoms with Crippen LogP contribution >= 0.6 is 11.8 Å². The van der Waals surface area contributed by atoms with Crippen LogP contribution in [0.2, 0.25) is 0 Å². The zero-order valence-corrected chi connectivity index (χ0v) is 17.5. The third-order valence-electron chi connectivity index (χ3n) is 4.35. The molecule has 29 heavy (non-hydrogen) atoms. The maximum absolute atomic E-state index is 12.2. The lowest BCUT2D eigenvalue weighted by molar-refractivity contribution is -0.113. The summed E-state index contributed by atoms with van der Waals surface area (Å²) in [6.45, 7) is 6.04. The molecule has 3 rings (SSSR count). The van der Waals surface area contributed by atoms with Gasteiger partial charge in [-0.05, 0) is 50.1 Å². The third-order valence-corrected chi connectivity index (χ3v) is 5.28. The molecule has 0 saturated carbocycles. The second kappa shape index (κ2) is 9.38. The van der Waals surface area contributed by atoms with Gasteiger partial charge < -0.3 is 16.4 Å². The van der Waals surface area contributed by atoms with Crippen molar-refractivity contribution >= 4 is 40.9 Å².